The number of benzene rings is 2. The Morgan fingerprint density at radius 3 is 1.42 bits per heavy atom. The maximum atomic E-state index is 6.94. The van der Waals surface area contributed by atoms with E-state index in [9.17, 15) is 0 Å². The first-order valence-electron chi connectivity index (χ1n) is 13.8. The lowest BCUT2D eigenvalue weighted by molar-refractivity contribution is 0.225. The lowest BCUT2D eigenvalue weighted by atomic mass is 10.1. The lowest BCUT2D eigenvalue weighted by Gasteiger charge is -2.34. The van der Waals surface area contributed by atoms with Crippen LogP contribution in [-0.4, -0.2) is 20.7 Å². The first kappa shape index (κ1) is 28.0. The van der Waals surface area contributed by atoms with E-state index in [0.29, 0.717) is 0 Å². The highest BCUT2D eigenvalue weighted by atomic mass is 27.2. The van der Waals surface area contributed by atoms with E-state index >= 15 is 0 Å². The van der Waals surface area contributed by atoms with Crippen LogP contribution in [0.4, 0.5) is 11.4 Å². The van der Waals surface area contributed by atoms with Crippen molar-refractivity contribution in [3.63, 3.8) is 0 Å². The molecule has 0 amide bonds. The zero-order chi connectivity index (χ0) is 23.6. The summed E-state index contributed by atoms with van der Waals surface area (Å²) in [5.41, 5.74) is 2.42. The van der Waals surface area contributed by atoms with Gasteiger partial charge >= 0.3 is 14.5 Å². The van der Waals surface area contributed by atoms with Gasteiger partial charge in [-0.25, -0.2) is 0 Å². The average molecular weight is 466 g/mol. The minimum Gasteiger partial charge on any atom is -0.482 e. The van der Waals surface area contributed by atoms with Crippen molar-refractivity contribution in [1.29, 1.82) is 0 Å². The van der Waals surface area contributed by atoms with Crippen LogP contribution in [0.15, 0.2) is 60.7 Å². The van der Waals surface area contributed by atoms with Gasteiger partial charge in [0.1, 0.15) is 6.23 Å². The Balaban J connectivity index is 1.98. The molecule has 2 aromatic carbocycles. The molecule has 1 atom stereocenters. The molecule has 0 saturated carbocycles. The summed E-state index contributed by atoms with van der Waals surface area (Å²) in [4.78, 5) is 2.38. The highest BCUT2D eigenvalue weighted by Gasteiger charge is 2.26. The van der Waals surface area contributed by atoms with Crippen LogP contribution in [0, 0.1) is 0 Å². The third-order valence-electron chi connectivity index (χ3n) is 6.58. The van der Waals surface area contributed by atoms with Gasteiger partial charge in [-0.1, -0.05) is 138 Å². The van der Waals surface area contributed by atoms with E-state index in [1.165, 1.54) is 99.0 Å². The third kappa shape index (κ3) is 11.6. The third-order valence-corrected chi connectivity index (χ3v) is 9.46. The van der Waals surface area contributed by atoms with E-state index in [1.807, 2.05) is 0 Å². The van der Waals surface area contributed by atoms with Crippen LogP contribution in [0.1, 0.15) is 97.8 Å². The first-order valence-corrected chi connectivity index (χ1v) is 15.9. The summed E-state index contributed by atoms with van der Waals surface area (Å²) in [5, 5.41) is 2.64. The van der Waals surface area contributed by atoms with Gasteiger partial charge in [-0.15, -0.1) is 0 Å². The van der Waals surface area contributed by atoms with Gasteiger partial charge in [0.2, 0.25) is 0 Å². The summed E-state index contributed by atoms with van der Waals surface area (Å²) in [6.45, 7) is 6.84. The Morgan fingerprint density at radius 1 is 0.606 bits per heavy atom. The largest absolute Gasteiger partial charge is 0.482 e. The minimum absolute atomic E-state index is 0.0617. The molecule has 0 N–H and O–H groups in total. The number of unbranched alkanes of at least 4 members (excludes halogenated alkanes) is 10. The molecule has 2 nitrogen and oxygen atoms in total. The maximum absolute atomic E-state index is 6.94. The second kappa shape index (κ2) is 18.1. The molecular weight excluding hydrogens is 417 g/mol. The summed E-state index contributed by atoms with van der Waals surface area (Å²) < 4.78 is 6.94. The van der Waals surface area contributed by atoms with Gasteiger partial charge in [0.15, 0.2) is 0 Å². The molecule has 0 spiro atoms. The highest BCUT2D eigenvalue weighted by Crippen LogP contribution is 2.29. The molecule has 33 heavy (non-hydrogen) atoms. The van der Waals surface area contributed by atoms with E-state index in [1.54, 1.807) is 0 Å². The van der Waals surface area contributed by atoms with Crippen LogP contribution < -0.4 is 4.90 Å². The highest BCUT2D eigenvalue weighted by molar-refractivity contribution is 6.51. The minimum atomic E-state index is -1.25. The Morgan fingerprint density at radius 2 is 1.00 bits per heavy atom. The van der Waals surface area contributed by atoms with Crippen LogP contribution in [0.2, 0.25) is 10.6 Å². The smallest absolute Gasteiger partial charge is 0.462 e. The van der Waals surface area contributed by atoms with E-state index in [0.717, 1.165) is 0 Å². The van der Waals surface area contributed by atoms with Gasteiger partial charge in [0.05, 0.1) is 0 Å². The number of rotatable bonds is 19. The van der Waals surface area contributed by atoms with Crippen molar-refractivity contribution < 1.29 is 3.79 Å². The molecule has 2 aromatic rings. The first-order chi connectivity index (χ1) is 16.3. The van der Waals surface area contributed by atoms with Crippen molar-refractivity contribution in [2.75, 3.05) is 4.90 Å². The fourth-order valence-electron chi connectivity index (χ4n) is 4.67. The number of nitrogens with zero attached hydrogens (tertiary/aromatic N) is 1. The second-order valence-electron chi connectivity index (χ2n) is 9.51. The number of para-hydroxylation sites is 2. The van der Waals surface area contributed by atoms with Crippen molar-refractivity contribution in [2.24, 2.45) is 0 Å². The summed E-state index contributed by atoms with van der Waals surface area (Å²) >= 11 is -1.25. The van der Waals surface area contributed by atoms with Crippen molar-refractivity contribution in [1.82, 2.24) is 0 Å². The fraction of sp³-hybridized carbons (Fsp3) is 0.600. The standard InChI is InChI=1S/C14H14NO.2C8H17.Al/c1-12(16)15(13-8-4-2-5-9-13)14-10-6-3-7-11-14;2*1-3-5-7-8-6-4-2;/h2-12H,1H3;2*1,3-8H2,2H3;/q-1;;;+1. The van der Waals surface area contributed by atoms with Gasteiger partial charge in [-0.05, 0) is 31.2 Å². The Hall–Kier alpha value is -1.27. The SMILES string of the molecule is CCCCCCC[CH2][Al]([CH2]CCCCCCC)[O]C(C)N(c1ccccc1)c1ccccc1. The van der Waals surface area contributed by atoms with Crippen molar-refractivity contribution in [3.05, 3.63) is 60.7 Å². The predicted molar refractivity (Wildman–Crippen MR) is 148 cm³/mol. The van der Waals surface area contributed by atoms with Crippen LogP contribution in [-0.2, 0) is 3.79 Å². The molecule has 0 aliphatic rings. The zero-order valence-corrected chi connectivity index (χ0v) is 22.8. The lowest BCUT2D eigenvalue weighted by Crippen LogP contribution is -2.36. The molecule has 1 unspecified atom stereocenters. The van der Waals surface area contributed by atoms with Gasteiger partial charge in [-0.3, -0.25) is 0 Å². The summed E-state index contributed by atoms with van der Waals surface area (Å²) in [5.74, 6) is 0. The number of hydrogen-bond donors (Lipinski definition) is 0. The molecule has 0 bridgehead atoms. The van der Waals surface area contributed by atoms with Crippen LogP contribution in [0.5, 0.6) is 0 Å². The van der Waals surface area contributed by atoms with Gasteiger partial charge in [-0.2, -0.15) is 0 Å². The average Bonchev–Trinajstić information content (AvgIpc) is 2.84. The molecule has 0 radical (unpaired) electrons. The monoisotopic (exact) mass is 465 g/mol. The zero-order valence-electron chi connectivity index (χ0n) is 21.7. The summed E-state index contributed by atoms with van der Waals surface area (Å²) in [7, 11) is 0. The quantitative estimate of drug-likeness (QED) is 0.116. The molecule has 182 valence electrons. The summed E-state index contributed by atoms with van der Waals surface area (Å²) in [6, 6.07) is 21.5. The number of anilines is 2. The van der Waals surface area contributed by atoms with E-state index < -0.39 is 14.5 Å². The topological polar surface area (TPSA) is 12.5 Å². The van der Waals surface area contributed by atoms with Crippen molar-refractivity contribution >= 4 is 25.9 Å². The number of hydrogen-bond acceptors (Lipinski definition) is 2. The fourth-order valence-corrected chi connectivity index (χ4v) is 7.40. The van der Waals surface area contributed by atoms with Crippen LogP contribution in [0.25, 0.3) is 0 Å². The van der Waals surface area contributed by atoms with Gasteiger partial charge < -0.3 is 8.69 Å². The molecule has 0 fully saturated rings. The van der Waals surface area contributed by atoms with Crippen LogP contribution in [0.3, 0.4) is 0 Å². The van der Waals surface area contributed by atoms with Crippen LogP contribution >= 0.6 is 0 Å². The maximum Gasteiger partial charge on any atom is 0.462 e. The molecule has 0 aliphatic heterocycles. The van der Waals surface area contributed by atoms with E-state index in [4.69, 9.17) is 3.79 Å². The molecule has 0 aromatic heterocycles. The molecule has 0 aliphatic carbocycles. The molecular formula is C30H48AlNO. The Labute approximate surface area is 209 Å². The Bertz CT molecular complexity index is 637. The molecule has 3 heteroatoms. The second-order valence-corrected chi connectivity index (χ2v) is 12.2. The molecule has 0 heterocycles. The van der Waals surface area contributed by atoms with Gasteiger partial charge in [0, 0.05) is 11.4 Å². The van der Waals surface area contributed by atoms with Gasteiger partial charge in [0.25, 0.3) is 0 Å². The molecule has 2 rings (SSSR count). The van der Waals surface area contributed by atoms with Crippen molar-refractivity contribution in [3.8, 4) is 0 Å². The van der Waals surface area contributed by atoms with E-state index in [-0.39, 0.29) is 6.23 Å². The Kier molecular flexibility index (Phi) is 15.4. The van der Waals surface area contributed by atoms with E-state index in [2.05, 4.69) is 86.3 Å². The normalized spacial score (nSPS) is 12.0. The molecule has 0 saturated heterocycles. The predicted octanol–water partition coefficient (Wildman–Crippen LogP) is 9.90. The summed E-state index contributed by atoms with van der Waals surface area (Å²) in [6.07, 6.45) is 16.5. The van der Waals surface area contributed by atoms with Crippen molar-refractivity contribution in [2.45, 2.75) is 115 Å².